The Hall–Kier alpha value is -2.77. The normalized spacial score (nSPS) is 12.6. The van der Waals surface area contributed by atoms with Crippen LogP contribution in [0.15, 0.2) is 30.3 Å². The number of ether oxygens (including phenoxy) is 5. The highest BCUT2D eigenvalue weighted by atomic mass is 35.5. The van der Waals surface area contributed by atoms with Gasteiger partial charge < -0.3 is 23.7 Å². The smallest absolute Gasteiger partial charge is 0.338 e. The lowest BCUT2D eigenvalue weighted by atomic mass is 10.1. The highest BCUT2D eigenvalue weighted by molar-refractivity contribution is 6.30. The van der Waals surface area contributed by atoms with Crippen LogP contribution in [0.25, 0.3) is 0 Å². The van der Waals surface area contributed by atoms with E-state index in [1.54, 1.807) is 12.1 Å². The Morgan fingerprint density at radius 3 is 2.33 bits per heavy atom. The van der Waals surface area contributed by atoms with Crippen molar-refractivity contribution in [2.24, 2.45) is 0 Å². The zero-order chi connectivity index (χ0) is 19.4. The molecule has 0 atom stereocenters. The molecule has 8 heteroatoms. The summed E-state index contributed by atoms with van der Waals surface area (Å²) in [7, 11) is 2.51. The van der Waals surface area contributed by atoms with Crippen molar-refractivity contribution in [1.82, 2.24) is 0 Å². The fraction of sp³-hybridized carbons (Fsp3) is 0.263. The molecule has 0 N–H and O–H groups in total. The van der Waals surface area contributed by atoms with Crippen LogP contribution in [0.1, 0.15) is 31.8 Å². The van der Waals surface area contributed by atoms with Crippen LogP contribution in [0.3, 0.4) is 0 Å². The number of hydrogen-bond acceptors (Lipinski definition) is 7. The van der Waals surface area contributed by atoms with E-state index in [2.05, 4.69) is 0 Å². The Bertz CT molecular complexity index is 844. The molecule has 2 aromatic rings. The molecule has 0 saturated carbocycles. The van der Waals surface area contributed by atoms with Crippen molar-refractivity contribution in [3.05, 3.63) is 57.6 Å². The second-order valence-corrected chi connectivity index (χ2v) is 6.12. The van der Waals surface area contributed by atoms with E-state index in [9.17, 15) is 9.59 Å². The van der Waals surface area contributed by atoms with Crippen LogP contribution in [-0.2, 0) is 27.4 Å². The first-order valence-corrected chi connectivity index (χ1v) is 8.36. The van der Waals surface area contributed by atoms with Crippen LogP contribution < -0.4 is 9.47 Å². The van der Waals surface area contributed by atoms with E-state index in [0.717, 1.165) is 11.1 Å². The number of hydrogen-bond donors (Lipinski definition) is 0. The summed E-state index contributed by atoms with van der Waals surface area (Å²) >= 11 is 6.15. The Morgan fingerprint density at radius 2 is 1.70 bits per heavy atom. The topological polar surface area (TPSA) is 80.3 Å². The molecular weight excluding hydrogens is 376 g/mol. The maximum absolute atomic E-state index is 11.9. The van der Waals surface area contributed by atoms with Gasteiger partial charge in [0.2, 0.25) is 0 Å². The fourth-order valence-corrected chi connectivity index (χ4v) is 2.94. The Kier molecular flexibility index (Phi) is 5.83. The molecule has 0 aliphatic carbocycles. The predicted octanol–water partition coefficient (Wildman–Crippen LogP) is 3.36. The average Bonchev–Trinajstić information content (AvgIpc) is 2.70. The van der Waals surface area contributed by atoms with E-state index in [1.807, 2.05) is 0 Å². The summed E-state index contributed by atoms with van der Waals surface area (Å²) in [5, 5.41) is 0.528. The molecule has 0 unspecified atom stereocenters. The van der Waals surface area contributed by atoms with Crippen LogP contribution in [0, 0.1) is 0 Å². The van der Waals surface area contributed by atoms with E-state index in [-0.39, 0.29) is 24.5 Å². The van der Waals surface area contributed by atoms with Gasteiger partial charge in [0.05, 0.1) is 32.0 Å². The Morgan fingerprint density at radius 1 is 1.04 bits per heavy atom. The zero-order valence-corrected chi connectivity index (χ0v) is 15.5. The molecule has 0 amide bonds. The number of fused-ring (bicyclic) bond motifs is 1. The third-order valence-corrected chi connectivity index (χ3v) is 4.11. The predicted molar refractivity (Wildman–Crippen MR) is 95.2 cm³/mol. The first kappa shape index (κ1) is 19.0. The minimum atomic E-state index is -0.591. The van der Waals surface area contributed by atoms with Crippen molar-refractivity contribution < 1.29 is 33.3 Å². The largest absolute Gasteiger partial charge is 0.489 e. The lowest BCUT2D eigenvalue weighted by molar-refractivity contribution is -0.0175. The molecule has 0 fully saturated rings. The van der Waals surface area contributed by atoms with Gasteiger partial charge in [-0.3, -0.25) is 0 Å². The van der Waals surface area contributed by atoms with Gasteiger partial charge in [-0.05, 0) is 30.3 Å². The maximum Gasteiger partial charge on any atom is 0.338 e. The van der Waals surface area contributed by atoms with Gasteiger partial charge in [-0.2, -0.15) is 0 Å². The molecule has 1 aliphatic heterocycles. The van der Waals surface area contributed by atoms with Crippen molar-refractivity contribution in [2.45, 2.75) is 13.2 Å². The molecule has 27 heavy (non-hydrogen) atoms. The summed E-state index contributed by atoms with van der Waals surface area (Å²) < 4.78 is 26.0. The van der Waals surface area contributed by atoms with Gasteiger partial charge in [0, 0.05) is 16.1 Å². The van der Waals surface area contributed by atoms with Gasteiger partial charge in [-0.1, -0.05) is 11.6 Å². The van der Waals surface area contributed by atoms with E-state index >= 15 is 0 Å². The van der Waals surface area contributed by atoms with Gasteiger partial charge in [0.1, 0.15) is 18.1 Å². The summed E-state index contributed by atoms with van der Waals surface area (Å²) in [5.41, 5.74) is 1.90. The summed E-state index contributed by atoms with van der Waals surface area (Å²) in [4.78, 5) is 23.7. The van der Waals surface area contributed by atoms with Gasteiger partial charge in [-0.25, -0.2) is 9.59 Å². The van der Waals surface area contributed by atoms with Gasteiger partial charge >= 0.3 is 11.9 Å². The van der Waals surface area contributed by atoms with Crippen LogP contribution in [-0.4, -0.2) is 33.0 Å². The van der Waals surface area contributed by atoms with Crippen LogP contribution in [0.5, 0.6) is 11.5 Å². The highest BCUT2D eigenvalue weighted by Crippen LogP contribution is 2.32. The molecule has 1 heterocycles. The molecule has 142 valence electrons. The van der Waals surface area contributed by atoms with E-state index < -0.39 is 11.9 Å². The number of methoxy groups -OCH3 is 2. The van der Waals surface area contributed by atoms with Crippen molar-refractivity contribution >= 4 is 23.5 Å². The quantitative estimate of drug-likeness (QED) is 0.722. The molecule has 2 aromatic carbocycles. The SMILES string of the molecule is COC(=O)c1cc(OCc2cc(Cl)cc3c2OCOC3)cc(C(=O)OC)c1. The third kappa shape index (κ3) is 4.32. The van der Waals surface area contributed by atoms with E-state index in [1.165, 1.54) is 32.4 Å². The Balaban J connectivity index is 1.88. The van der Waals surface area contributed by atoms with Gasteiger partial charge in [0.25, 0.3) is 0 Å². The summed E-state index contributed by atoms with van der Waals surface area (Å²) in [6, 6.07) is 7.86. The fourth-order valence-electron chi connectivity index (χ4n) is 2.68. The van der Waals surface area contributed by atoms with Crippen LogP contribution in [0.2, 0.25) is 5.02 Å². The van der Waals surface area contributed by atoms with Crippen molar-refractivity contribution in [2.75, 3.05) is 21.0 Å². The number of esters is 2. The average molecular weight is 393 g/mol. The number of carbonyl (C=O) groups excluding carboxylic acids is 2. The lowest BCUT2D eigenvalue weighted by Crippen LogP contribution is -2.14. The summed E-state index contributed by atoms with van der Waals surface area (Å²) in [6.45, 7) is 0.660. The second-order valence-electron chi connectivity index (χ2n) is 5.68. The summed E-state index contributed by atoms with van der Waals surface area (Å²) in [5.74, 6) is -0.223. The van der Waals surface area contributed by atoms with Crippen molar-refractivity contribution in [3.63, 3.8) is 0 Å². The second kappa shape index (κ2) is 8.28. The van der Waals surface area contributed by atoms with E-state index in [4.69, 9.17) is 35.3 Å². The van der Waals surface area contributed by atoms with E-state index in [0.29, 0.717) is 23.1 Å². The zero-order valence-electron chi connectivity index (χ0n) is 14.7. The molecule has 0 spiro atoms. The molecule has 3 rings (SSSR count). The number of carbonyl (C=O) groups is 2. The van der Waals surface area contributed by atoms with Crippen LogP contribution in [0.4, 0.5) is 0 Å². The van der Waals surface area contributed by atoms with Crippen molar-refractivity contribution in [1.29, 1.82) is 0 Å². The molecule has 7 nitrogen and oxygen atoms in total. The third-order valence-electron chi connectivity index (χ3n) is 3.89. The molecule has 0 aromatic heterocycles. The monoisotopic (exact) mass is 392 g/mol. The number of benzene rings is 2. The first-order valence-electron chi connectivity index (χ1n) is 7.98. The van der Waals surface area contributed by atoms with Gasteiger partial charge in [0.15, 0.2) is 6.79 Å². The van der Waals surface area contributed by atoms with Crippen LogP contribution >= 0.6 is 11.6 Å². The standard InChI is InChI=1S/C19H17ClO7/c1-23-18(21)11-3-12(19(22)24-2)7-16(6-11)26-9-14-5-15(20)4-13-8-25-10-27-17(13)14/h3-7H,8-10H2,1-2H3. The molecular formula is C19H17ClO7. The minimum absolute atomic E-state index is 0.119. The molecule has 0 radical (unpaired) electrons. The number of rotatable bonds is 5. The molecule has 0 saturated heterocycles. The van der Waals surface area contributed by atoms with Crippen molar-refractivity contribution in [3.8, 4) is 11.5 Å². The highest BCUT2D eigenvalue weighted by Gasteiger charge is 2.18. The lowest BCUT2D eigenvalue weighted by Gasteiger charge is -2.21. The first-order chi connectivity index (χ1) is 13.0. The summed E-state index contributed by atoms with van der Waals surface area (Å²) in [6.07, 6.45) is 0. The Labute approximate surface area is 160 Å². The molecule has 0 bridgehead atoms. The van der Waals surface area contributed by atoms with Gasteiger partial charge in [-0.15, -0.1) is 0 Å². The minimum Gasteiger partial charge on any atom is -0.489 e. The molecule has 1 aliphatic rings. The number of halogens is 1. The maximum atomic E-state index is 11.9.